The summed E-state index contributed by atoms with van der Waals surface area (Å²) in [6.45, 7) is 1.75. The molecule has 1 aromatic rings. The molecule has 1 aliphatic heterocycles. The first kappa shape index (κ1) is 21.5. The highest BCUT2D eigenvalue weighted by Gasteiger charge is 2.40. The maximum absolute atomic E-state index is 12.5. The largest absolute Gasteiger partial charge is 0.494 e. The number of esters is 1. The van der Waals surface area contributed by atoms with Gasteiger partial charge in [-0.15, -0.1) is 0 Å². The molecule has 2 fully saturated rings. The second-order valence-electron chi connectivity index (χ2n) is 7.60. The van der Waals surface area contributed by atoms with Crippen molar-refractivity contribution in [3.05, 3.63) is 28.3 Å². The van der Waals surface area contributed by atoms with Gasteiger partial charge in [0.2, 0.25) is 5.91 Å². The molecule has 1 heterocycles. The maximum atomic E-state index is 12.5. The predicted molar refractivity (Wildman–Crippen MR) is 106 cm³/mol. The Bertz CT molecular complexity index is 851. The lowest BCUT2D eigenvalue weighted by molar-refractivity contribution is -0.384. The van der Waals surface area contributed by atoms with Crippen LogP contribution in [-0.2, 0) is 19.1 Å². The van der Waals surface area contributed by atoms with Crippen LogP contribution in [-0.4, -0.2) is 53.4 Å². The van der Waals surface area contributed by atoms with Crippen molar-refractivity contribution in [3.8, 4) is 5.75 Å². The highest BCUT2D eigenvalue weighted by Crippen LogP contribution is 2.31. The van der Waals surface area contributed by atoms with Crippen molar-refractivity contribution in [3.63, 3.8) is 0 Å². The van der Waals surface area contributed by atoms with Gasteiger partial charge in [0, 0.05) is 25.1 Å². The molecule has 1 saturated heterocycles. The van der Waals surface area contributed by atoms with E-state index in [4.69, 9.17) is 9.47 Å². The van der Waals surface area contributed by atoms with Crippen LogP contribution >= 0.6 is 0 Å². The molecular formula is C20H25N3O7. The topological polar surface area (TPSA) is 128 Å². The van der Waals surface area contributed by atoms with Crippen LogP contribution in [0.15, 0.2) is 18.2 Å². The van der Waals surface area contributed by atoms with Crippen molar-refractivity contribution in [2.45, 2.75) is 51.2 Å². The Kier molecular flexibility index (Phi) is 6.53. The summed E-state index contributed by atoms with van der Waals surface area (Å²) in [5.74, 6) is -1.70. The standard InChI is InChI=1S/C20H25N3O7/c1-12(19(25)21-16-8-7-15(23(27)28)10-17(16)29-2)30-20(26)13-9-18(24)22(11-13)14-5-3-4-6-14/h7-8,10,12-14H,3-6,9,11H2,1-2H3,(H,21,25)/t12-,13-/m1/s1. The van der Waals surface area contributed by atoms with Crippen molar-refractivity contribution in [1.29, 1.82) is 0 Å². The summed E-state index contributed by atoms with van der Waals surface area (Å²) in [7, 11) is 1.32. The van der Waals surface area contributed by atoms with E-state index >= 15 is 0 Å². The molecule has 1 saturated carbocycles. The van der Waals surface area contributed by atoms with Crippen molar-refractivity contribution < 1.29 is 28.8 Å². The minimum Gasteiger partial charge on any atom is -0.494 e. The van der Waals surface area contributed by atoms with E-state index in [0.29, 0.717) is 6.54 Å². The van der Waals surface area contributed by atoms with E-state index in [1.807, 2.05) is 0 Å². The normalized spacial score (nSPS) is 20.1. The van der Waals surface area contributed by atoms with Gasteiger partial charge in [-0.1, -0.05) is 12.8 Å². The number of nitro groups is 1. The molecule has 2 aliphatic rings. The Morgan fingerprint density at radius 3 is 2.63 bits per heavy atom. The van der Waals surface area contributed by atoms with Gasteiger partial charge < -0.3 is 19.7 Å². The Morgan fingerprint density at radius 1 is 1.30 bits per heavy atom. The first-order chi connectivity index (χ1) is 14.3. The average molecular weight is 419 g/mol. The van der Waals surface area contributed by atoms with E-state index in [0.717, 1.165) is 25.7 Å². The summed E-state index contributed by atoms with van der Waals surface area (Å²) >= 11 is 0. The van der Waals surface area contributed by atoms with Gasteiger partial charge in [-0.2, -0.15) is 0 Å². The van der Waals surface area contributed by atoms with Crippen molar-refractivity contribution in [1.82, 2.24) is 4.90 Å². The fourth-order valence-electron chi connectivity index (χ4n) is 3.91. The first-order valence-corrected chi connectivity index (χ1v) is 9.93. The van der Waals surface area contributed by atoms with Crippen LogP contribution in [0.5, 0.6) is 5.75 Å². The van der Waals surface area contributed by atoms with Crippen molar-refractivity contribution in [2.24, 2.45) is 5.92 Å². The number of methoxy groups -OCH3 is 1. The third kappa shape index (κ3) is 4.69. The molecule has 3 rings (SSSR count). The van der Waals surface area contributed by atoms with E-state index in [-0.39, 0.29) is 35.5 Å². The molecule has 0 bridgehead atoms. The number of carbonyl (C=O) groups is 3. The van der Waals surface area contributed by atoms with Crippen LogP contribution in [0, 0.1) is 16.0 Å². The minimum atomic E-state index is -1.10. The molecule has 0 unspecified atom stereocenters. The van der Waals surface area contributed by atoms with Crippen LogP contribution in [0.3, 0.4) is 0 Å². The van der Waals surface area contributed by atoms with Gasteiger partial charge in [0.1, 0.15) is 5.75 Å². The minimum absolute atomic E-state index is 0.0448. The van der Waals surface area contributed by atoms with Crippen molar-refractivity contribution in [2.75, 3.05) is 19.0 Å². The van der Waals surface area contributed by atoms with Gasteiger partial charge in [-0.25, -0.2) is 0 Å². The van der Waals surface area contributed by atoms with E-state index < -0.39 is 28.8 Å². The van der Waals surface area contributed by atoms with E-state index in [9.17, 15) is 24.5 Å². The number of anilines is 1. The number of nitrogens with zero attached hydrogens (tertiary/aromatic N) is 2. The molecule has 30 heavy (non-hydrogen) atoms. The molecule has 10 nitrogen and oxygen atoms in total. The number of likely N-dealkylation sites (tertiary alicyclic amines) is 1. The fraction of sp³-hybridized carbons (Fsp3) is 0.550. The predicted octanol–water partition coefficient (Wildman–Crippen LogP) is 2.26. The van der Waals surface area contributed by atoms with Crippen LogP contribution in [0.2, 0.25) is 0 Å². The van der Waals surface area contributed by atoms with E-state index in [2.05, 4.69) is 5.32 Å². The summed E-state index contributed by atoms with van der Waals surface area (Å²) in [6.07, 6.45) is 3.10. The van der Waals surface area contributed by atoms with Gasteiger partial charge >= 0.3 is 5.97 Å². The highest BCUT2D eigenvalue weighted by molar-refractivity contribution is 5.97. The quantitative estimate of drug-likeness (QED) is 0.408. The second kappa shape index (κ2) is 9.10. The summed E-state index contributed by atoms with van der Waals surface area (Å²) < 4.78 is 10.4. The summed E-state index contributed by atoms with van der Waals surface area (Å²) in [4.78, 5) is 49.2. The van der Waals surface area contributed by atoms with Crippen LogP contribution in [0.25, 0.3) is 0 Å². The molecule has 1 aliphatic carbocycles. The van der Waals surface area contributed by atoms with Crippen molar-refractivity contribution >= 4 is 29.2 Å². The third-order valence-electron chi connectivity index (χ3n) is 5.57. The highest BCUT2D eigenvalue weighted by atomic mass is 16.6. The number of amides is 2. The van der Waals surface area contributed by atoms with Gasteiger partial charge in [-0.05, 0) is 25.8 Å². The van der Waals surface area contributed by atoms with Gasteiger partial charge in [-0.3, -0.25) is 24.5 Å². The monoisotopic (exact) mass is 419 g/mol. The van der Waals surface area contributed by atoms with Crippen LogP contribution in [0.1, 0.15) is 39.0 Å². The van der Waals surface area contributed by atoms with Gasteiger partial charge in [0.05, 0.1) is 29.7 Å². The summed E-state index contributed by atoms with van der Waals surface area (Å²) in [6, 6.07) is 3.97. The maximum Gasteiger partial charge on any atom is 0.312 e. The number of benzene rings is 1. The molecule has 2 amide bonds. The molecule has 1 N–H and O–H groups in total. The molecule has 162 valence electrons. The summed E-state index contributed by atoms with van der Waals surface area (Å²) in [5.41, 5.74) is 0.0431. The number of ether oxygens (including phenoxy) is 2. The van der Waals surface area contributed by atoms with Gasteiger partial charge in [0.15, 0.2) is 6.10 Å². The number of carbonyl (C=O) groups excluding carboxylic acids is 3. The lowest BCUT2D eigenvalue weighted by atomic mass is 10.1. The average Bonchev–Trinajstić information content (AvgIpc) is 3.37. The zero-order valence-electron chi connectivity index (χ0n) is 17.0. The number of hydrogen-bond acceptors (Lipinski definition) is 7. The van der Waals surface area contributed by atoms with Crippen LogP contribution in [0.4, 0.5) is 11.4 Å². The number of nitro benzene ring substituents is 1. The number of rotatable bonds is 7. The lowest BCUT2D eigenvalue weighted by Crippen LogP contribution is -2.36. The lowest BCUT2D eigenvalue weighted by Gasteiger charge is -2.24. The molecular weight excluding hydrogens is 394 g/mol. The molecule has 0 radical (unpaired) electrons. The van der Waals surface area contributed by atoms with E-state index in [1.165, 1.54) is 32.2 Å². The van der Waals surface area contributed by atoms with Gasteiger partial charge in [0.25, 0.3) is 11.6 Å². The Hall–Kier alpha value is -3.17. The Morgan fingerprint density at radius 2 is 2.00 bits per heavy atom. The number of hydrogen-bond donors (Lipinski definition) is 1. The summed E-state index contributed by atoms with van der Waals surface area (Å²) in [5, 5.41) is 13.4. The smallest absolute Gasteiger partial charge is 0.312 e. The number of nitrogens with one attached hydrogen (secondary N) is 1. The SMILES string of the molecule is COc1cc([N+](=O)[O-])ccc1NC(=O)[C@@H](C)OC(=O)[C@@H]1CC(=O)N(C2CCCC2)C1. The Labute approximate surface area is 173 Å². The van der Waals surface area contributed by atoms with Crippen LogP contribution < -0.4 is 10.1 Å². The third-order valence-corrected chi connectivity index (χ3v) is 5.57. The number of non-ortho nitro benzene ring substituents is 1. The fourth-order valence-corrected chi connectivity index (χ4v) is 3.91. The zero-order chi connectivity index (χ0) is 21.8. The molecule has 0 spiro atoms. The Balaban J connectivity index is 1.57. The molecule has 0 aromatic heterocycles. The zero-order valence-corrected chi connectivity index (χ0v) is 17.0. The molecule has 1 aromatic carbocycles. The van der Waals surface area contributed by atoms with E-state index in [1.54, 1.807) is 4.90 Å². The first-order valence-electron chi connectivity index (χ1n) is 9.93. The molecule has 2 atom stereocenters. The molecule has 10 heteroatoms. The second-order valence-corrected chi connectivity index (χ2v) is 7.60.